The zero-order valence-electron chi connectivity index (χ0n) is 21.7. The number of aryl methyl sites for hydroxylation is 2. The summed E-state index contributed by atoms with van der Waals surface area (Å²) in [4.78, 5) is 27.2. The van der Waals surface area contributed by atoms with E-state index in [1.54, 1.807) is 0 Å². The number of fused-ring (bicyclic) bond motifs is 2. The van der Waals surface area contributed by atoms with Crippen molar-refractivity contribution in [2.24, 2.45) is 7.05 Å². The van der Waals surface area contributed by atoms with Gasteiger partial charge in [0.25, 0.3) is 0 Å². The van der Waals surface area contributed by atoms with E-state index in [1.807, 2.05) is 25.1 Å². The van der Waals surface area contributed by atoms with E-state index >= 15 is 0 Å². The van der Waals surface area contributed by atoms with Crippen molar-refractivity contribution >= 4 is 28.0 Å². The number of benzene rings is 1. The Kier molecular flexibility index (Phi) is 6.10. The number of imidazole rings is 2. The van der Waals surface area contributed by atoms with Crippen molar-refractivity contribution in [1.82, 2.24) is 38.9 Å². The number of morpholine rings is 1. The van der Waals surface area contributed by atoms with Gasteiger partial charge in [-0.25, -0.2) is 9.97 Å². The predicted octanol–water partition coefficient (Wildman–Crippen LogP) is 2.37. The van der Waals surface area contributed by atoms with Gasteiger partial charge in [-0.2, -0.15) is 9.97 Å². The maximum Gasteiger partial charge on any atom is 0.239 e. The molecule has 10 heteroatoms. The third-order valence-electron chi connectivity index (χ3n) is 7.72. The lowest BCUT2D eigenvalue weighted by molar-refractivity contribution is 0.122. The molecule has 190 valence electrons. The van der Waals surface area contributed by atoms with E-state index in [0.717, 1.165) is 72.4 Å². The van der Waals surface area contributed by atoms with Gasteiger partial charge in [-0.1, -0.05) is 12.1 Å². The number of aromatic nitrogens is 6. The van der Waals surface area contributed by atoms with Crippen LogP contribution in [0.15, 0.2) is 24.3 Å². The Hall–Kier alpha value is -3.08. The average molecular weight is 490 g/mol. The molecule has 0 radical (unpaired) electrons. The number of nitrogens with zero attached hydrogens (tertiary/aromatic N) is 9. The van der Waals surface area contributed by atoms with Gasteiger partial charge in [-0.3, -0.25) is 9.47 Å². The smallest absolute Gasteiger partial charge is 0.239 e. The zero-order chi connectivity index (χ0) is 24.8. The number of likely N-dealkylation sites (tertiary alicyclic amines) is 1. The van der Waals surface area contributed by atoms with Crippen molar-refractivity contribution < 1.29 is 4.74 Å². The van der Waals surface area contributed by atoms with Crippen molar-refractivity contribution in [1.29, 1.82) is 0 Å². The van der Waals surface area contributed by atoms with Crippen LogP contribution in [-0.4, -0.2) is 98.4 Å². The van der Waals surface area contributed by atoms with Crippen LogP contribution < -0.4 is 4.90 Å². The largest absolute Gasteiger partial charge is 0.378 e. The van der Waals surface area contributed by atoms with Crippen molar-refractivity contribution in [3.8, 4) is 5.95 Å². The Morgan fingerprint density at radius 1 is 0.972 bits per heavy atom. The van der Waals surface area contributed by atoms with Gasteiger partial charge >= 0.3 is 0 Å². The van der Waals surface area contributed by atoms with Crippen LogP contribution in [0.4, 0.5) is 5.82 Å². The summed E-state index contributed by atoms with van der Waals surface area (Å²) in [6, 6.07) is 8.71. The Morgan fingerprint density at radius 3 is 2.50 bits per heavy atom. The van der Waals surface area contributed by atoms with Crippen LogP contribution >= 0.6 is 0 Å². The van der Waals surface area contributed by atoms with Crippen LogP contribution in [0.2, 0.25) is 0 Å². The minimum Gasteiger partial charge on any atom is -0.378 e. The van der Waals surface area contributed by atoms with Crippen LogP contribution in [0.25, 0.3) is 28.1 Å². The van der Waals surface area contributed by atoms with E-state index in [-0.39, 0.29) is 0 Å². The lowest BCUT2D eigenvalue weighted by Crippen LogP contribution is -2.41. The predicted molar refractivity (Wildman–Crippen MR) is 141 cm³/mol. The molecule has 0 atom stereocenters. The van der Waals surface area contributed by atoms with E-state index in [9.17, 15) is 0 Å². The van der Waals surface area contributed by atoms with E-state index < -0.39 is 0 Å². The standard InChI is InChI=1S/C26H35N9O/c1-18-27-20-7-5-6-8-21(20)35(18)26-29-24-23(25(30-26)34-13-15-36-16-14-34)28-22(33(24)4)17-32(3)19-9-11-31(2)12-10-19/h5-8,19H,9-17H2,1-4H3. The van der Waals surface area contributed by atoms with E-state index in [4.69, 9.17) is 24.7 Å². The van der Waals surface area contributed by atoms with Gasteiger partial charge in [0.15, 0.2) is 17.0 Å². The fourth-order valence-corrected chi connectivity index (χ4v) is 5.50. The second kappa shape index (κ2) is 9.42. The highest BCUT2D eigenvalue weighted by atomic mass is 16.5. The molecule has 1 aromatic carbocycles. The second-order valence-corrected chi connectivity index (χ2v) is 10.1. The van der Waals surface area contributed by atoms with Crippen molar-refractivity contribution in [2.45, 2.75) is 32.4 Å². The number of hydrogen-bond donors (Lipinski definition) is 0. The van der Waals surface area contributed by atoms with Gasteiger partial charge < -0.3 is 19.1 Å². The molecule has 4 aromatic rings. The minimum absolute atomic E-state index is 0.571. The third-order valence-corrected chi connectivity index (χ3v) is 7.72. The highest BCUT2D eigenvalue weighted by Gasteiger charge is 2.26. The monoisotopic (exact) mass is 489 g/mol. The maximum atomic E-state index is 5.63. The summed E-state index contributed by atoms with van der Waals surface area (Å²) in [6.07, 6.45) is 2.37. The average Bonchev–Trinajstić information content (AvgIpc) is 3.40. The summed E-state index contributed by atoms with van der Waals surface area (Å²) < 4.78 is 9.83. The Bertz CT molecular complexity index is 1380. The summed E-state index contributed by atoms with van der Waals surface area (Å²) >= 11 is 0. The summed E-state index contributed by atoms with van der Waals surface area (Å²) in [7, 11) is 6.50. The van der Waals surface area contributed by atoms with Gasteiger partial charge in [0, 0.05) is 26.2 Å². The van der Waals surface area contributed by atoms with Crippen LogP contribution in [-0.2, 0) is 18.3 Å². The van der Waals surface area contributed by atoms with Crippen molar-refractivity contribution in [2.75, 3.05) is 58.4 Å². The first-order valence-corrected chi connectivity index (χ1v) is 12.9. The lowest BCUT2D eigenvalue weighted by Gasteiger charge is -2.34. The first kappa shape index (κ1) is 23.3. The van der Waals surface area contributed by atoms with Crippen LogP contribution in [0.1, 0.15) is 24.5 Å². The first-order chi connectivity index (χ1) is 17.5. The molecule has 0 aliphatic carbocycles. The van der Waals surface area contributed by atoms with Gasteiger partial charge in [0.2, 0.25) is 5.95 Å². The molecule has 2 fully saturated rings. The molecule has 3 aromatic heterocycles. The summed E-state index contributed by atoms with van der Waals surface area (Å²) in [5.74, 6) is 3.39. The molecule has 0 N–H and O–H groups in total. The first-order valence-electron chi connectivity index (χ1n) is 12.9. The quantitative estimate of drug-likeness (QED) is 0.423. The molecule has 2 saturated heterocycles. The number of anilines is 1. The number of piperidine rings is 1. The zero-order valence-corrected chi connectivity index (χ0v) is 21.7. The number of ether oxygens (including phenoxy) is 1. The van der Waals surface area contributed by atoms with Crippen LogP contribution in [0.3, 0.4) is 0 Å². The molecule has 0 saturated carbocycles. The number of hydrogen-bond acceptors (Lipinski definition) is 8. The molecule has 10 nitrogen and oxygen atoms in total. The van der Waals surface area contributed by atoms with E-state index in [0.29, 0.717) is 25.2 Å². The number of para-hydroxylation sites is 2. The molecule has 36 heavy (non-hydrogen) atoms. The van der Waals surface area contributed by atoms with Gasteiger partial charge in [0.05, 0.1) is 30.8 Å². The molecule has 2 aliphatic heterocycles. The molecule has 0 bridgehead atoms. The summed E-state index contributed by atoms with van der Waals surface area (Å²) in [5, 5.41) is 0. The Balaban J connectivity index is 1.44. The number of rotatable bonds is 5. The van der Waals surface area contributed by atoms with Crippen LogP contribution in [0, 0.1) is 6.92 Å². The molecule has 0 amide bonds. The highest BCUT2D eigenvalue weighted by molar-refractivity contribution is 5.86. The molecule has 0 unspecified atom stereocenters. The summed E-state index contributed by atoms with van der Waals surface area (Å²) in [5.41, 5.74) is 3.66. The normalized spacial score (nSPS) is 18.2. The SMILES string of the molecule is Cc1nc2ccccc2n1-c1nc(N2CCOCC2)c2nc(CN(C)C3CCN(C)CC3)n(C)c2n1. The van der Waals surface area contributed by atoms with Crippen molar-refractivity contribution in [3.63, 3.8) is 0 Å². The molecule has 5 heterocycles. The molecular formula is C26H35N9O. The highest BCUT2D eigenvalue weighted by Crippen LogP contribution is 2.29. The van der Waals surface area contributed by atoms with E-state index in [1.165, 1.54) is 12.8 Å². The fraction of sp³-hybridized carbons (Fsp3) is 0.538. The van der Waals surface area contributed by atoms with Crippen molar-refractivity contribution in [3.05, 3.63) is 35.9 Å². The Morgan fingerprint density at radius 2 is 1.72 bits per heavy atom. The van der Waals surface area contributed by atoms with Crippen LogP contribution in [0.5, 0.6) is 0 Å². The van der Waals surface area contributed by atoms with Gasteiger partial charge in [-0.05, 0) is 59.1 Å². The van der Waals surface area contributed by atoms with Gasteiger partial charge in [0.1, 0.15) is 11.6 Å². The molecule has 2 aliphatic rings. The fourth-order valence-electron chi connectivity index (χ4n) is 5.50. The van der Waals surface area contributed by atoms with Gasteiger partial charge in [-0.15, -0.1) is 0 Å². The molecule has 6 rings (SSSR count). The Labute approximate surface area is 211 Å². The topological polar surface area (TPSA) is 80.4 Å². The second-order valence-electron chi connectivity index (χ2n) is 10.1. The third kappa shape index (κ3) is 4.12. The molecular weight excluding hydrogens is 454 g/mol. The minimum atomic E-state index is 0.571. The maximum absolute atomic E-state index is 5.63. The summed E-state index contributed by atoms with van der Waals surface area (Å²) in [6.45, 7) is 8.03. The lowest BCUT2D eigenvalue weighted by atomic mass is 10.0. The molecule has 0 spiro atoms. The van der Waals surface area contributed by atoms with E-state index in [2.05, 4.69) is 51.0 Å².